The standard InChI is InChI=1S/C36H26N4O14/c1-17-26(4-2-3-18-5-7-23(8-6-18)38(15-27(41)42)16-28(43)44)31(45)39(24-11-19(33(47)48)9-20(12-24)34(49)50)30-29(17)32(46)40(37-30)25-13-21(35(51)52)10-22(14-25)36(53)54/h2-14H,15-16H2,1H3,(H,41,42)(H,43,44)(H,47,48)(H,49,50)(H,51,52)(H,53,54)/b3-2?,26-4-. The van der Waals surface area contributed by atoms with E-state index in [2.05, 4.69) is 5.10 Å². The van der Waals surface area contributed by atoms with Gasteiger partial charge in [0.15, 0.2) is 5.49 Å². The SMILES string of the molecule is Cc1c2c(n(-c3cc(C(=O)O)cc(C(=O)O)c3)c(=O)/c1=C\C=Cc1ccc(N(CC(=O)O)CC(=O)O)cc1)=NN(c1cc(C(=O)O)cc(C(=O)O)c1)C2=O. The van der Waals surface area contributed by atoms with E-state index in [-0.39, 0.29) is 33.2 Å². The highest BCUT2D eigenvalue weighted by Gasteiger charge is 2.32. The number of carboxylic acid groups (broad SMARTS) is 6. The number of carbonyl (C=O) groups excluding carboxylic acids is 1. The van der Waals surface area contributed by atoms with Gasteiger partial charge in [-0.25, -0.2) is 19.2 Å². The Morgan fingerprint density at radius 3 is 1.59 bits per heavy atom. The number of aromatic carboxylic acids is 4. The second kappa shape index (κ2) is 14.8. The summed E-state index contributed by atoms with van der Waals surface area (Å²) in [5.41, 5.74) is -3.26. The second-order valence-electron chi connectivity index (χ2n) is 11.6. The average Bonchev–Trinajstić information content (AvgIpc) is 3.45. The largest absolute Gasteiger partial charge is 0.480 e. The van der Waals surface area contributed by atoms with Crippen LogP contribution in [0.25, 0.3) is 17.8 Å². The predicted octanol–water partition coefficient (Wildman–Crippen LogP) is 1.60. The van der Waals surface area contributed by atoms with E-state index in [1.807, 2.05) is 0 Å². The van der Waals surface area contributed by atoms with Gasteiger partial charge in [0.25, 0.3) is 11.5 Å². The van der Waals surface area contributed by atoms with E-state index in [0.717, 1.165) is 45.9 Å². The lowest BCUT2D eigenvalue weighted by Crippen LogP contribution is -2.45. The molecule has 0 fully saturated rings. The Morgan fingerprint density at radius 2 is 1.15 bits per heavy atom. The molecule has 0 saturated heterocycles. The van der Waals surface area contributed by atoms with E-state index < -0.39 is 82.6 Å². The van der Waals surface area contributed by atoms with Crippen molar-refractivity contribution in [2.45, 2.75) is 6.92 Å². The van der Waals surface area contributed by atoms with Crippen LogP contribution in [0.3, 0.4) is 0 Å². The van der Waals surface area contributed by atoms with Gasteiger partial charge in [-0.05, 0) is 72.7 Å². The Morgan fingerprint density at radius 1 is 0.685 bits per heavy atom. The van der Waals surface area contributed by atoms with Crippen molar-refractivity contribution in [3.63, 3.8) is 0 Å². The average molecular weight is 739 g/mol. The van der Waals surface area contributed by atoms with E-state index in [9.17, 15) is 58.8 Å². The molecule has 0 bridgehead atoms. The molecule has 1 aliphatic rings. The number of aromatic nitrogens is 1. The molecule has 54 heavy (non-hydrogen) atoms. The second-order valence-corrected chi connectivity index (χ2v) is 11.6. The van der Waals surface area contributed by atoms with Crippen LogP contribution in [0.1, 0.15) is 62.9 Å². The number of benzene rings is 3. The number of carboxylic acids is 6. The van der Waals surface area contributed by atoms with Gasteiger partial charge in [-0.2, -0.15) is 5.01 Å². The van der Waals surface area contributed by atoms with Crippen LogP contribution in [0.15, 0.2) is 76.6 Å². The van der Waals surface area contributed by atoms with Gasteiger partial charge in [-0.3, -0.25) is 23.7 Å². The Balaban J connectivity index is 1.71. The fourth-order valence-electron chi connectivity index (χ4n) is 5.58. The van der Waals surface area contributed by atoms with Crippen LogP contribution in [0.5, 0.6) is 0 Å². The van der Waals surface area contributed by atoms with Crippen molar-refractivity contribution >= 4 is 65.2 Å². The van der Waals surface area contributed by atoms with Crippen molar-refractivity contribution in [2.75, 3.05) is 23.0 Å². The lowest BCUT2D eigenvalue weighted by atomic mass is 10.0. The maximum Gasteiger partial charge on any atom is 0.335 e. The highest BCUT2D eigenvalue weighted by atomic mass is 16.4. The monoisotopic (exact) mass is 738 g/mol. The van der Waals surface area contributed by atoms with Gasteiger partial charge in [0.05, 0.1) is 39.2 Å². The molecule has 0 aliphatic carbocycles. The lowest BCUT2D eigenvalue weighted by molar-refractivity contribution is -0.136. The fourth-order valence-corrected chi connectivity index (χ4v) is 5.58. The first-order valence-electron chi connectivity index (χ1n) is 15.4. The zero-order valence-electron chi connectivity index (χ0n) is 27.7. The van der Waals surface area contributed by atoms with Gasteiger partial charge in [0.2, 0.25) is 0 Å². The molecular formula is C36H26N4O14. The van der Waals surface area contributed by atoms with Crippen molar-refractivity contribution in [1.82, 2.24) is 4.57 Å². The smallest absolute Gasteiger partial charge is 0.335 e. The van der Waals surface area contributed by atoms with E-state index in [0.29, 0.717) is 16.3 Å². The summed E-state index contributed by atoms with van der Waals surface area (Å²) in [4.78, 5) is 99.4. The number of allylic oxidation sites excluding steroid dienone is 1. The van der Waals surface area contributed by atoms with Crippen LogP contribution in [0.2, 0.25) is 0 Å². The molecule has 5 rings (SSSR count). The van der Waals surface area contributed by atoms with Crippen molar-refractivity contribution in [1.29, 1.82) is 0 Å². The minimum Gasteiger partial charge on any atom is -0.480 e. The molecule has 0 unspecified atom stereocenters. The molecule has 2 heterocycles. The van der Waals surface area contributed by atoms with Gasteiger partial charge in [0, 0.05) is 10.9 Å². The van der Waals surface area contributed by atoms with Crippen molar-refractivity contribution in [2.24, 2.45) is 5.10 Å². The highest BCUT2D eigenvalue weighted by Crippen LogP contribution is 2.25. The van der Waals surface area contributed by atoms with Crippen LogP contribution in [-0.2, 0) is 9.59 Å². The van der Waals surface area contributed by atoms with Crippen molar-refractivity contribution < 1.29 is 64.2 Å². The number of rotatable bonds is 13. The first-order chi connectivity index (χ1) is 25.5. The topological polar surface area (TPSA) is 282 Å². The number of hydrogen-bond acceptors (Lipinski definition) is 10. The van der Waals surface area contributed by atoms with Gasteiger partial charge in [-0.15, -0.1) is 5.10 Å². The zero-order valence-corrected chi connectivity index (χ0v) is 27.7. The number of amides is 1. The molecule has 4 aromatic rings. The molecule has 274 valence electrons. The van der Waals surface area contributed by atoms with Gasteiger partial charge in [0.1, 0.15) is 13.1 Å². The van der Waals surface area contributed by atoms with E-state index in [1.54, 1.807) is 12.1 Å². The summed E-state index contributed by atoms with van der Waals surface area (Å²) in [6, 6.07) is 11.7. The normalized spacial score (nSPS) is 12.4. The summed E-state index contributed by atoms with van der Waals surface area (Å²) >= 11 is 0. The summed E-state index contributed by atoms with van der Waals surface area (Å²) < 4.78 is 0.812. The fraction of sp³-hybridized carbons (Fsp3) is 0.0833. The number of nitrogens with zero attached hydrogens (tertiary/aromatic N) is 4. The van der Waals surface area contributed by atoms with E-state index >= 15 is 0 Å². The minimum absolute atomic E-state index is 0.0566. The van der Waals surface area contributed by atoms with E-state index in [1.165, 1.54) is 37.3 Å². The molecule has 3 aromatic carbocycles. The molecule has 1 aromatic heterocycles. The van der Waals surface area contributed by atoms with Crippen molar-refractivity contribution in [3.05, 3.63) is 127 Å². The number of pyridine rings is 1. The highest BCUT2D eigenvalue weighted by molar-refractivity contribution is 6.09. The molecule has 0 spiro atoms. The molecule has 6 N–H and O–H groups in total. The lowest BCUT2D eigenvalue weighted by Gasteiger charge is -2.20. The van der Waals surface area contributed by atoms with Gasteiger partial charge in [-0.1, -0.05) is 24.3 Å². The van der Waals surface area contributed by atoms with Crippen LogP contribution in [0, 0.1) is 6.92 Å². The summed E-state index contributed by atoms with van der Waals surface area (Å²) in [7, 11) is 0. The quantitative estimate of drug-likeness (QED) is 0.114. The third kappa shape index (κ3) is 7.56. The number of aliphatic carboxylic acids is 2. The van der Waals surface area contributed by atoms with Crippen LogP contribution in [-0.4, -0.2) is 90.0 Å². The van der Waals surface area contributed by atoms with E-state index in [4.69, 9.17) is 10.2 Å². The Bertz CT molecular complexity index is 2460. The molecule has 0 saturated carbocycles. The molecule has 0 atom stereocenters. The number of hydrogen-bond donors (Lipinski definition) is 6. The summed E-state index contributed by atoms with van der Waals surface area (Å²) in [6.45, 7) is 0.259. The van der Waals surface area contributed by atoms with Gasteiger partial charge >= 0.3 is 35.8 Å². The summed E-state index contributed by atoms with van der Waals surface area (Å²) in [6.07, 6.45) is 4.25. The first-order valence-corrected chi connectivity index (χ1v) is 15.4. The predicted molar refractivity (Wildman–Crippen MR) is 186 cm³/mol. The molecule has 1 aliphatic heterocycles. The van der Waals surface area contributed by atoms with Crippen molar-refractivity contribution in [3.8, 4) is 5.69 Å². The number of carbonyl (C=O) groups is 7. The molecule has 18 heteroatoms. The molecule has 0 radical (unpaired) electrons. The van der Waals surface area contributed by atoms with Crippen LogP contribution < -0.4 is 26.2 Å². The van der Waals surface area contributed by atoms with Gasteiger partial charge < -0.3 is 35.5 Å². The number of fused-ring (bicyclic) bond motifs is 1. The maximum atomic E-state index is 14.2. The summed E-state index contributed by atoms with van der Waals surface area (Å²) in [5.74, 6) is -9.51. The Labute approximate surface area is 301 Å². The zero-order chi connectivity index (χ0) is 39.6. The third-order valence-electron chi connectivity index (χ3n) is 8.04. The Kier molecular flexibility index (Phi) is 10.2. The van der Waals surface area contributed by atoms with Crippen LogP contribution >= 0.6 is 0 Å². The molecule has 18 nitrogen and oxygen atoms in total. The Hall–Kier alpha value is -7.89. The summed E-state index contributed by atoms with van der Waals surface area (Å²) in [5, 5.41) is 61.7. The minimum atomic E-state index is -1.53. The molecule has 1 amide bonds. The molecular weight excluding hydrogens is 712 g/mol. The maximum absolute atomic E-state index is 14.2. The van der Waals surface area contributed by atoms with Crippen LogP contribution in [0.4, 0.5) is 11.4 Å². The first kappa shape index (κ1) is 37.4. The third-order valence-corrected chi connectivity index (χ3v) is 8.04. The number of anilines is 2.